The molecule has 0 bridgehead atoms. The van der Waals surface area contributed by atoms with Crippen LogP contribution in [0.4, 0.5) is 0 Å². The molecule has 6 nitrogen and oxygen atoms in total. The van der Waals surface area contributed by atoms with Crippen molar-refractivity contribution in [2.45, 2.75) is 30.8 Å². The Morgan fingerprint density at radius 1 is 1.12 bits per heavy atom. The number of nitrogens with zero attached hydrogens (tertiary/aromatic N) is 3. The van der Waals surface area contributed by atoms with Crippen molar-refractivity contribution in [3.63, 3.8) is 0 Å². The van der Waals surface area contributed by atoms with Crippen molar-refractivity contribution in [3.8, 4) is 0 Å². The molecule has 1 aromatic carbocycles. The standard InChI is InChI=1S/C10H12N4O2S/c1-6-4-7(2)9(8(3)5-6)17(15,16)10-11-13-14-12-10/h4-5H,1-3H3,(H,11,12,13,14). The molecule has 0 aliphatic carbocycles. The smallest absolute Gasteiger partial charge is 0.229 e. The van der Waals surface area contributed by atoms with Crippen LogP contribution in [0, 0.1) is 20.8 Å². The Balaban J connectivity index is 2.71. The first-order chi connectivity index (χ1) is 7.93. The molecule has 0 aliphatic heterocycles. The monoisotopic (exact) mass is 252 g/mol. The van der Waals surface area contributed by atoms with E-state index in [1.54, 1.807) is 13.8 Å². The molecule has 2 rings (SSSR count). The lowest BCUT2D eigenvalue weighted by molar-refractivity contribution is 0.586. The molecular formula is C10H12N4O2S. The SMILES string of the molecule is Cc1cc(C)c(S(=O)(=O)c2nnn[nH]2)c(C)c1. The second-order valence-electron chi connectivity index (χ2n) is 3.94. The van der Waals surface area contributed by atoms with Crippen LogP contribution in [0.3, 0.4) is 0 Å². The van der Waals surface area contributed by atoms with E-state index < -0.39 is 9.84 Å². The quantitative estimate of drug-likeness (QED) is 0.859. The van der Waals surface area contributed by atoms with Crippen molar-refractivity contribution in [1.29, 1.82) is 0 Å². The normalized spacial score (nSPS) is 11.7. The molecule has 0 saturated carbocycles. The van der Waals surface area contributed by atoms with Crippen molar-refractivity contribution in [2.24, 2.45) is 0 Å². The van der Waals surface area contributed by atoms with E-state index in [1.165, 1.54) is 0 Å². The maximum Gasteiger partial charge on any atom is 0.269 e. The summed E-state index contributed by atoms with van der Waals surface area (Å²) >= 11 is 0. The first-order valence-electron chi connectivity index (χ1n) is 4.99. The Labute approximate surface area is 99.0 Å². The van der Waals surface area contributed by atoms with Crippen LogP contribution in [0.5, 0.6) is 0 Å². The molecule has 7 heteroatoms. The molecule has 1 aromatic heterocycles. The van der Waals surface area contributed by atoms with Crippen LogP contribution >= 0.6 is 0 Å². The number of sulfone groups is 1. The Bertz CT molecular complexity index is 624. The van der Waals surface area contributed by atoms with Crippen LogP contribution in [0.15, 0.2) is 22.2 Å². The lowest BCUT2D eigenvalue weighted by Crippen LogP contribution is -2.08. The van der Waals surface area contributed by atoms with Gasteiger partial charge in [0.05, 0.1) is 4.90 Å². The zero-order valence-electron chi connectivity index (χ0n) is 9.72. The zero-order valence-corrected chi connectivity index (χ0v) is 10.5. The molecule has 0 fully saturated rings. The number of aromatic nitrogens is 4. The molecular weight excluding hydrogens is 240 g/mol. The molecule has 2 aromatic rings. The third-order valence-corrected chi connectivity index (χ3v) is 4.32. The molecule has 90 valence electrons. The molecule has 1 heterocycles. The highest BCUT2D eigenvalue weighted by atomic mass is 32.2. The first kappa shape index (κ1) is 11.7. The fraction of sp³-hybridized carbons (Fsp3) is 0.300. The van der Waals surface area contributed by atoms with Crippen LogP contribution in [0.1, 0.15) is 16.7 Å². The molecule has 0 unspecified atom stereocenters. The number of benzene rings is 1. The third-order valence-electron chi connectivity index (χ3n) is 2.45. The van der Waals surface area contributed by atoms with E-state index in [0.717, 1.165) is 5.56 Å². The van der Waals surface area contributed by atoms with Gasteiger partial charge in [0.2, 0.25) is 9.84 Å². The highest BCUT2D eigenvalue weighted by Gasteiger charge is 2.25. The highest BCUT2D eigenvalue weighted by Crippen LogP contribution is 2.25. The molecule has 0 spiro atoms. The fourth-order valence-corrected chi connectivity index (χ4v) is 3.42. The van der Waals surface area contributed by atoms with E-state index in [4.69, 9.17) is 0 Å². The van der Waals surface area contributed by atoms with Crippen molar-refractivity contribution in [1.82, 2.24) is 20.6 Å². The number of aromatic amines is 1. The van der Waals surface area contributed by atoms with Crippen molar-refractivity contribution in [3.05, 3.63) is 28.8 Å². The summed E-state index contributed by atoms with van der Waals surface area (Å²) in [4.78, 5) is 0.265. The van der Waals surface area contributed by atoms with E-state index in [1.807, 2.05) is 19.1 Å². The number of rotatable bonds is 2. The number of nitrogens with one attached hydrogen (secondary N) is 1. The van der Waals surface area contributed by atoms with E-state index >= 15 is 0 Å². The summed E-state index contributed by atoms with van der Waals surface area (Å²) < 4.78 is 24.5. The summed E-state index contributed by atoms with van der Waals surface area (Å²) in [5.74, 6) is 0. The molecule has 17 heavy (non-hydrogen) atoms. The second kappa shape index (κ2) is 3.92. The summed E-state index contributed by atoms with van der Waals surface area (Å²) in [6.07, 6.45) is 0. The maximum atomic E-state index is 12.3. The molecule has 0 amide bonds. The molecule has 0 saturated heterocycles. The lowest BCUT2D eigenvalue weighted by Gasteiger charge is -2.09. The average molecular weight is 252 g/mol. The molecule has 0 radical (unpaired) electrons. The number of aryl methyl sites for hydroxylation is 3. The predicted octanol–water partition coefficient (Wildman–Crippen LogP) is 0.958. The Morgan fingerprint density at radius 3 is 2.18 bits per heavy atom. The fourth-order valence-electron chi connectivity index (χ4n) is 1.95. The number of hydrogen-bond acceptors (Lipinski definition) is 5. The largest absolute Gasteiger partial charge is 0.269 e. The van der Waals surface area contributed by atoms with E-state index in [0.29, 0.717) is 11.1 Å². The minimum absolute atomic E-state index is 0.229. The van der Waals surface area contributed by atoms with Gasteiger partial charge < -0.3 is 0 Å². The lowest BCUT2D eigenvalue weighted by atomic mass is 10.1. The van der Waals surface area contributed by atoms with E-state index in [9.17, 15) is 8.42 Å². The highest BCUT2D eigenvalue weighted by molar-refractivity contribution is 7.91. The molecule has 0 atom stereocenters. The van der Waals surface area contributed by atoms with Crippen molar-refractivity contribution >= 4 is 9.84 Å². The van der Waals surface area contributed by atoms with Gasteiger partial charge in [0, 0.05) is 0 Å². The second-order valence-corrected chi connectivity index (χ2v) is 5.74. The number of H-pyrrole nitrogens is 1. The summed E-state index contributed by atoms with van der Waals surface area (Å²) in [7, 11) is -3.67. The number of hydrogen-bond donors (Lipinski definition) is 1. The zero-order chi connectivity index (χ0) is 12.6. The minimum Gasteiger partial charge on any atom is -0.229 e. The summed E-state index contributed by atoms with van der Waals surface area (Å²) in [5.41, 5.74) is 2.41. The van der Waals surface area contributed by atoms with Crippen molar-refractivity contribution < 1.29 is 8.42 Å². The summed E-state index contributed by atoms with van der Waals surface area (Å²) in [6.45, 7) is 5.44. The number of tetrazole rings is 1. The summed E-state index contributed by atoms with van der Waals surface area (Å²) in [5, 5.41) is 12.1. The van der Waals surface area contributed by atoms with Crippen molar-refractivity contribution in [2.75, 3.05) is 0 Å². The van der Waals surface area contributed by atoms with Crippen LogP contribution in [-0.4, -0.2) is 29.0 Å². The Morgan fingerprint density at radius 2 is 1.71 bits per heavy atom. The van der Waals surface area contributed by atoms with Gasteiger partial charge in [-0.05, 0) is 42.3 Å². The van der Waals surface area contributed by atoms with Gasteiger partial charge in [0.25, 0.3) is 5.16 Å². The minimum atomic E-state index is -3.67. The van der Waals surface area contributed by atoms with Gasteiger partial charge in [0.1, 0.15) is 0 Å². The van der Waals surface area contributed by atoms with Crippen LogP contribution in [0.2, 0.25) is 0 Å². The molecule has 0 aliphatic rings. The maximum absolute atomic E-state index is 12.3. The average Bonchev–Trinajstić information content (AvgIpc) is 2.67. The predicted molar refractivity (Wildman–Crippen MR) is 60.3 cm³/mol. The topological polar surface area (TPSA) is 88.6 Å². The Hall–Kier alpha value is -1.76. The van der Waals surface area contributed by atoms with Gasteiger partial charge in [-0.2, -0.15) is 0 Å². The van der Waals surface area contributed by atoms with E-state index in [2.05, 4.69) is 20.6 Å². The van der Waals surface area contributed by atoms with Crippen LogP contribution in [0.25, 0.3) is 0 Å². The van der Waals surface area contributed by atoms with Gasteiger partial charge in [-0.3, -0.25) is 0 Å². The third kappa shape index (κ3) is 1.93. The van der Waals surface area contributed by atoms with Gasteiger partial charge in [-0.15, -0.1) is 0 Å². The first-order valence-corrected chi connectivity index (χ1v) is 6.48. The Kier molecular flexibility index (Phi) is 2.70. The summed E-state index contributed by atoms with van der Waals surface area (Å²) in [6, 6.07) is 3.65. The molecule has 1 N–H and O–H groups in total. The van der Waals surface area contributed by atoms with Gasteiger partial charge in [-0.25, -0.2) is 13.5 Å². The van der Waals surface area contributed by atoms with Gasteiger partial charge >= 0.3 is 0 Å². The van der Waals surface area contributed by atoms with Crippen LogP contribution < -0.4 is 0 Å². The van der Waals surface area contributed by atoms with Gasteiger partial charge in [-0.1, -0.05) is 22.8 Å². The van der Waals surface area contributed by atoms with Gasteiger partial charge in [0.15, 0.2) is 0 Å². The van der Waals surface area contributed by atoms with Crippen LogP contribution in [-0.2, 0) is 9.84 Å². The van der Waals surface area contributed by atoms with E-state index in [-0.39, 0.29) is 10.1 Å².